The zero-order valence-electron chi connectivity index (χ0n) is 14.9. The first-order valence-corrected chi connectivity index (χ1v) is 8.96. The van der Waals surface area contributed by atoms with Crippen LogP contribution >= 0.6 is 11.3 Å². The number of nitrogens with one attached hydrogen (secondary N) is 1. The topological polar surface area (TPSA) is 46.9 Å². The molecule has 3 aromatic rings. The van der Waals surface area contributed by atoms with Gasteiger partial charge in [-0.05, 0) is 56.9 Å². The summed E-state index contributed by atoms with van der Waals surface area (Å²) in [5.74, 6) is -0.00184. The van der Waals surface area contributed by atoms with Crippen LogP contribution in [0.15, 0.2) is 18.2 Å². The summed E-state index contributed by atoms with van der Waals surface area (Å²) in [4.78, 5) is 14.2. The summed E-state index contributed by atoms with van der Waals surface area (Å²) < 4.78 is 1.84. The summed E-state index contributed by atoms with van der Waals surface area (Å²) in [5, 5.41) is 8.49. The number of hydrogen-bond acceptors (Lipinski definition) is 3. The van der Waals surface area contributed by atoms with Crippen LogP contribution in [0.3, 0.4) is 0 Å². The molecule has 0 unspecified atom stereocenters. The molecule has 4 nitrogen and oxygen atoms in total. The van der Waals surface area contributed by atoms with E-state index in [2.05, 4.69) is 43.3 Å². The van der Waals surface area contributed by atoms with Gasteiger partial charge in [0, 0.05) is 19.0 Å². The predicted octanol–water partition coefficient (Wildman–Crippen LogP) is 3.84. The van der Waals surface area contributed by atoms with Gasteiger partial charge in [0.2, 0.25) is 0 Å². The highest BCUT2D eigenvalue weighted by Gasteiger charge is 2.15. The molecule has 0 radical (unpaired) electrons. The third-order valence-corrected chi connectivity index (χ3v) is 5.62. The maximum Gasteiger partial charge on any atom is 0.261 e. The summed E-state index contributed by atoms with van der Waals surface area (Å²) in [7, 11) is 1.91. The molecule has 24 heavy (non-hydrogen) atoms. The summed E-state index contributed by atoms with van der Waals surface area (Å²) in [6.07, 6.45) is 0.856. The van der Waals surface area contributed by atoms with Crippen molar-refractivity contribution in [1.29, 1.82) is 0 Å². The minimum absolute atomic E-state index is 0.00184. The molecule has 0 fully saturated rings. The number of carbonyl (C=O) groups excluding carboxylic acids is 1. The Hall–Kier alpha value is -2.14. The Morgan fingerprint density at radius 3 is 2.46 bits per heavy atom. The molecule has 0 spiro atoms. The molecule has 1 amide bonds. The average molecular weight is 341 g/mol. The number of nitrogens with zero attached hydrogens (tertiary/aromatic N) is 2. The normalized spacial score (nSPS) is 11.2. The van der Waals surface area contributed by atoms with Crippen molar-refractivity contribution in [3.05, 3.63) is 51.0 Å². The Kier molecular flexibility index (Phi) is 4.45. The third-order valence-electron chi connectivity index (χ3n) is 4.42. The molecule has 1 aromatic carbocycles. The summed E-state index contributed by atoms with van der Waals surface area (Å²) in [5.41, 5.74) is 6.17. The molecule has 5 heteroatoms. The molecule has 0 bridgehead atoms. The van der Waals surface area contributed by atoms with E-state index in [-0.39, 0.29) is 5.91 Å². The maximum absolute atomic E-state index is 12.4. The molecule has 0 atom stereocenters. The van der Waals surface area contributed by atoms with Crippen molar-refractivity contribution in [2.45, 2.75) is 34.1 Å². The lowest BCUT2D eigenvalue weighted by Crippen LogP contribution is -2.25. The monoisotopic (exact) mass is 341 g/mol. The lowest BCUT2D eigenvalue weighted by Gasteiger charge is -2.11. The third kappa shape index (κ3) is 3.08. The second kappa shape index (κ2) is 6.40. The number of rotatable bonds is 4. The highest BCUT2D eigenvalue weighted by molar-refractivity contribution is 7.20. The zero-order chi connectivity index (χ0) is 17.4. The average Bonchev–Trinajstić information content (AvgIpc) is 3.04. The molecular weight excluding hydrogens is 318 g/mol. The highest BCUT2D eigenvalue weighted by atomic mass is 32.1. The van der Waals surface area contributed by atoms with Crippen molar-refractivity contribution in [3.63, 3.8) is 0 Å². The number of carbonyl (C=O) groups is 1. The fourth-order valence-electron chi connectivity index (χ4n) is 3.31. The number of aryl methyl sites for hydroxylation is 5. The van der Waals surface area contributed by atoms with Crippen molar-refractivity contribution < 1.29 is 4.79 Å². The first kappa shape index (κ1) is 16.7. The Bertz CT molecular complexity index is 863. The molecular formula is C19H23N3OS. The quantitative estimate of drug-likeness (QED) is 0.784. The fraction of sp³-hybridized carbons (Fsp3) is 0.368. The van der Waals surface area contributed by atoms with Crippen LogP contribution in [0.4, 0.5) is 0 Å². The second-order valence-electron chi connectivity index (χ2n) is 6.42. The van der Waals surface area contributed by atoms with Gasteiger partial charge in [-0.25, -0.2) is 0 Å². The molecule has 0 aliphatic rings. The highest BCUT2D eigenvalue weighted by Crippen LogP contribution is 2.27. The van der Waals surface area contributed by atoms with E-state index in [0.717, 1.165) is 27.2 Å². The van der Waals surface area contributed by atoms with E-state index in [1.54, 1.807) is 0 Å². The van der Waals surface area contributed by atoms with Crippen LogP contribution in [0.5, 0.6) is 0 Å². The van der Waals surface area contributed by atoms with Crippen molar-refractivity contribution in [2.75, 3.05) is 6.54 Å². The van der Waals surface area contributed by atoms with Crippen molar-refractivity contribution in [1.82, 2.24) is 15.1 Å². The van der Waals surface area contributed by atoms with Gasteiger partial charge < -0.3 is 5.32 Å². The number of fused-ring (bicyclic) bond motifs is 1. The van der Waals surface area contributed by atoms with Gasteiger partial charge in [0.05, 0.1) is 10.6 Å². The standard InChI is InChI=1S/C19H23N3OS/c1-11-8-12(2)15(13(3)9-11)6-7-20-18(23)17-10-16-14(4)21-22(5)19(16)24-17/h8-10H,6-7H2,1-5H3,(H,20,23). The molecule has 3 rings (SSSR count). The molecule has 2 aromatic heterocycles. The lowest BCUT2D eigenvalue weighted by atomic mass is 9.97. The molecule has 0 aliphatic carbocycles. The summed E-state index contributed by atoms with van der Waals surface area (Å²) in [6.45, 7) is 9.01. The van der Waals surface area contributed by atoms with Gasteiger partial charge in [0.1, 0.15) is 4.83 Å². The van der Waals surface area contributed by atoms with E-state index < -0.39 is 0 Å². The van der Waals surface area contributed by atoms with Crippen LogP contribution in [-0.2, 0) is 13.5 Å². The van der Waals surface area contributed by atoms with Gasteiger partial charge in [-0.1, -0.05) is 17.7 Å². The molecule has 1 N–H and O–H groups in total. The molecule has 126 valence electrons. The number of aromatic nitrogens is 2. The first-order chi connectivity index (χ1) is 11.4. The van der Waals surface area contributed by atoms with Gasteiger partial charge in [-0.15, -0.1) is 11.3 Å². The van der Waals surface area contributed by atoms with E-state index in [1.165, 1.54) is 33.6 Å². The van der Waals surface area contributed by atoms with Crippen molar-refractivity contribution in [2.24, 2.45) is 7.05 Å². The first-order valence-electron chi connectivity index (χ1n) is 8.15. The summed E-state index contributed by atoms with van der Waals surface area (Å²) in [6, 6.07) is 6.35. The summed E-state index contributed by atoms with van der Waals surface area (Å²) >= 11 is 1.50. The van der Waals surface area contributed by atoms with Crippen molar-refractivity contribution >= 4 is 27.5 Å². The molecule has 2 heterocycles. The number of amides is 1. The van der Waals surface area contributed by atoms with Gasteiger partial charge >= 0.3 is 0 Å². The van der Waals surface area contributed by atoms with E-state index >= 15 is 0 Å². The van der Waals surface area contributed by atoms with E-state index in [1.807, 2.05) is 24.7 Å². The van der Waals surface area contributed by atoms with Gasteiger partial charge in [0.15, 0.2) is 0 Å². The largest absolute Gasteiger partial charge is 0.351 e. The smallest absolute Gasteiger partial charge is 0.261 e. The van der Waals surface area contributed by atoms with E-state index in [0.29, 0.717) is 6.54 Å². The number of hydrogen-bond donors (Lipinski definition) is 1. The Morgan fingerprint density at radius 1 is 1.17 bits per heavy atom. The van der Waals surface area contributed by atoms with Crippen LogP contribution in [0.1, 0.15) is 37.6 Å². The second-order valence-corrected chi connectivity index (χ2v) is 7.45. The van der Waals surface area contributed by atoms with Gasteiger partial charge in [0.25, 0.3) is 5.91 Å². The number of benzene rings is 1. The Balaban J connectivity index is 1.68. The Labute approximate surface area is 146 Å². The van der Waals surface area contributed by atoms with Crippen molar-refractivity contribution in [3.8, 4) is 0 Å². The Morgan fingerprint density at radius 2 is 1.83 bits per heavy atom. The van der Waals surface area contributed by atoms with E-state index in [4.69, 9.17) is 0 Å². The molecule has 0 saturated carbocycles. The van der Waals surface area contributed by atoms with Crippen LogP contribution in [0.25, 0.3) is 10.2 Å². The molecule has 0 saturated heterocycles. The fourth-order valence-corrected chi connectivity index (χ4v) is 4.35. The minimum Gasteiger partial charge on any atom is -0.351 e. The van der Waals surface area contributed by atoms with Crippen LogP contribution in [0, 0.1) is 27.7 Å². The maximum atomic E-state index is 12.4. The van der Waals surface area contributed by atoms with Gasteiger partial charge in [-0.3, -0.25) is 9.48 Å². The number of thiophene rings is 1. The van der Waals surface area contributed by atoms with Gasteiger partial charge in [-0.2, -0.15) is 5.10 Å². The predicted molar refractivity (Wildman–Crippen MR) is 100 cm³/mol. The van der Waals surface area contributed by atoms with Crippen LogP contribution < -0.4 is 5.32 Å². The van der Waals surface area contributed by atoms with Crippen LogP contribution in [0.2, 0.25) is 0 Å². The molecule has 0 aliphatic heterocycles. The lowest BCUT2D eigenvalue weighted by molar-refractivity contribution is 0.0958. The SMILES string of the molecule is Cc1cc(C)c(CCNC(=O)c2cc3c(C)nn(C)c3s2)c(C)c1. The zero-order valence-corrected chi connectivity index (χ0v) is 15.7. The van der Waals surface area contributed by atoms with Crippen LogP contribution in [-0.4, -0.2) is 22.2 Å². The minimum atomic E-state index is -0.00184. The van der Waals surface area contributed by atoms with E-state index in [9.17, 15) is 4.79 Å².